The highest BCUT2D eigenvalue weighted by atomic mass is 16.5. The highest BCUT2D eigenvalue weighted by Crippen LogP contribution is 2.30. The molecule has 0 N–H and O–H groups in total. The van der Waals surface area contributed by atoms with Gasteiger partial charge in [0.15, 0.2) is 11.5 Å². The first kappa shape index (κ1) is 17.1. The van der Waals surface area contributed by atoms with E-state index in [-0.39, 0.29) is 0 Å². The van der Waals surface area contributed by atoms with Crippen LogP contribution in [0, 0.1) is 0 Å². The minimum absolute atomic E-state index is 0.359. The molecule has 0 radical (unpaired) electrons. The molecule has 0 saturated heterocycles. The zero-order valence-corrected chi connectivity index (χ0v) is 15.8. The summed E-state index contributed by atoms with van der Waals surface area (Å²) in [5.74, 6) is 1.19. The molecule has 5 aromatic rings. The number of aromatic nitrogens is 6. The molecule has 0 atom stereocenters. The Morgan fingerprint density at radius 2 is 1.62 bits per heavy atom. The highest BCUT2D eigenvalue weighted by Gasteiger charge is 2.16. The molecule has 0 spiro atoms. The van der Waals surface area contributed by atoms with Crippen LogP contribution >= 0.6 is 0 Å². The molecule has 3 aromatic heterocycles. The summed E-state index contributed by atoms with van der Waals surface area (Å²) in [6.07, 6.45) is 3.54. The van der Waals surface area contributed by atoms with Crippen LogP contribution in [-0.4, -0.2) is 29.4 Å². The Balaban J connectivity index is 1.63. The number of fused-ring (bicyclic) bond motifs is 1. The number of benzene rings is 2. The van der Waals surface area contributed by atoms with Crippen molar-refractivity contribution in [3.63, 3.8) is 0 Å². The van der Waals surface area contributed by atoms with Gasteiger partial charge in [0.2, 0.25) is 5.88 Å². The van der Waals surface area contributed by atoms with Crippen LogP contribution < -0.4 is 4.74 Å². The van der Waals surface area contributed by atoms with Crippen molar-refractivity contribution in [2.45, 2.75) is 6.61 Å². The summed E-state index contributed by atoms with van der Waals surface area (Å²) >= 11 is 0. The van der Waals surface area contributed by atoms with Gasteiger partial charge in [0, 0.05) is 18.2 Å². The van der Waals surface area contributed by atoms with E-state index in [9.17, 15) is 0 Å². The van der Waals surface area contributed by atoms with Crippen molar-refractivity contribution in [3.05, 3.63) is 84.9 Å². The lowest BCUT2D eigenvalue weighted by Crippen LogP contribution is -2.06. The molecular weight excluding hydrogens is 364 g/mol. The van der Waals surface area contributed by atoms with Crippen LogP contribution in [0.25, 0.3) is 28.2 Å². The van der Waals surface area contributed by atoms with E-state index in [0.717, 1.165) is 22.4 Å². The molecule has 0 aliphatic rings. The van der Waals surface area contributed by atoms with Crippen LogP contribution in [0.1, 0.15) is 5.69 Å². The van der Waals surface area contributed by atoms with Gasteiger partial charge in [-0.2, -0.15) is 4.52 Å². The summed E-state index contributed by atoms with van der Waals surface area (Å²) in [7, 11) is 1.94. The number of hydrogen-bond acceptors (Lipinski definition) is 5. The van der Waals surface area contributed by atoms with Gasteiger partial charge in [0.05, 0.1) is 18.2 Å². The van der Waals surface area contributed by atoms with Crippen molar-refractivity contribution in [1.82, 2.24) is 29.4 Å². The maximum Gasteiger partial charge on any atom is 0.240 e. The topological polar surface area (TPSA) is 70.1 Å². The first-order chi connectivity index (χ1) is 14.3. The fourth-order valence-corrected chi connectivity index (χ4v) is 3.18. The van der Waals surface area contributed by atoms with E-state index < -0.39 is 0 Å². The van der Waals surface area contributed by atoms with E-state index in [2.05, 4.69) is 15.2 Å². The van der Waals surface area contributed by atoms with E-state index in [1.165, 1.54) is 0 Å². The third kappa shape index (κ3) is 3.23. The van der Waals surface area contributed by atoms with E-state index >= 15 is 0 Å². The van der Waals surface area contributed by atoms with E-state index in [0.29, 0.717) is 24.0 Å². The van der Waals surface area contributed by atoms with Crippen molar-refractivity contribution >= 4 is 5.65 Å². The SMILES string of the molecule is Cn1cncc1COc1nn2c(-c3ccccc3)nnc2cc1-c1ccccc1. The van der Waals surface area contributed by atoms with Gasteiger partial charge in [-0.1, -0.05) is 60.7 Å². The number of hydrogen-bond donors (Lipinski definition) is 0. The second-order valence-corrected chi connectivity index (χ2v) is 6.67. The number of nitrogens with zero attached hydrogens (tertiary/aromatic N) is 6. The number of imidazole rings is 1. The molecule has 29 heavy (non-hydrogen) atoms. The fraction of sp³-hybridized carbons (Fsp3) is 0.0909. The van der Waals surface area contributed by atoms with Gasteiger partial charge in [-0.3, -0.25) is 0 Å². The minimum Gasteiger partial charge on any atom is -0.470 e. The maximum atomic E-state index is 6.14. The molecule has 7 heteroatoms. The van der Waals surface area contributed by atoms with Crippen LogP contribution in [0.2, 0.25) is 0 Å². The predicted molar refractivity (Wildman–Crippen MR) is 109 cm³/mol. The van der Waals surface area contributed by atoms with Crippen molar-refractivity contribution in [1.29, 1.82) is 0 Å². The lowest BCUT2D eigenvalue weighted by molar-refractivity contribution is 0.282. The third-order valence-corrected chi connectivity index (χ3v) is 4.75. The van der Waals surface area contributed by atoms with Crippen LogP contribution in [0.5, 0.6) is 5.88 Å². The summed E-state index contributed by atoms with van der Waals surface area (Å²) < 4.78 is 9.78. The van der Waals surface area contributed by atoms with Gasteiger partial charge >= 0.3 is 0 Å². The first-order valence-electron chi connectivity index (χ1n) is 9.25. The molecule has 0 fully saturated rings. The Hall–Kier alpha value is -4.00. The number of rotatable bonds is 5. The maximum absolute atomic E-state index is 6.14. The molecule has 7 nitrogen and oxygen atoms in total. The summed E-state index contributed by atoms with van der Waals surface area (Å²) in [5, 5.41) is 13.4. The summed E-state index contributed by atoms with van der Waals surface area (Å²) in [4.78, 5) is 4.15. The molecule has 5 rings (SSSR count). The molecule has 3 heterocycles. The quantitative estimate of drug-likeness (QED) is 0.463. The van der Waals surface area contributed by atoms with Gasteiger partial charge in [-0.15, -0.1) is 15.3 Å². The Bertz CT molecular complexity index is 1260. The van der Waals surface area contributed by atoms with Gasteiger partial charge in [0.1, 0.15) is 6.61 Å². The summed E-state index contributed by atoms with van der Waals surface area (Å²) in [5.41, 5.74) is 4.44. The summed E-state index contributed by atoms with van der Waals surface area (Å²) in [6.45, 7) is 0.359. The zero-order chi connectivity index (χ0) is 19.6. The standard InChI is InChI=1S/C22H18N6O/c1-27-15-23-13-18(27)14-29-22-19(16-8-4-2-5-9-16)12-20-24-25-21(28(20)26-22)17-10-6-3-7-11-17/h2-13,15H,14H2,1H3. The van der Waals surface area contributed by atoms with E-state index in [4.69, 9.17) is 9.84 Å². The average molecular weight is 382 g/mol. The Labute approximate surface area is 167 Å². The van der Waals surface area contributed by atoms with Crippen molar-refractivity contribution in [2.75, 3.05) is 0 Å². The number of ether oxygens (including phenoxy) is 1. The molecule has 0 saturated carbocycles. The van der Waals surface area contributed by atoms with Crippen molar-refractivity contribution in [2.24, 2.45) is 7.05 Å². The van der Waals surface area contributed by atoms with Crippen LogP contribution in [0.3, 0.4) is 0 Å². The first-order valence-corrected chi connectivity index (χ1v) is 9.25. The largest absolute Gasteiger partial charge is 0.470 e. The molecule has 142 valence electrons. The van der Waals surface area contributed by atoms with Gasteiger partial charge in [-0.25, -0.2) is 4.98 Å². The smallest absolute Gasteiger partial charge is 0.240 e. The number of aryl methyl sites for hydroxylation is 1. The normalized spacial score (nSPS) is 11.1. The summed E-state index contributed by atoms with van der Waals surface area (Å²) in [6, 6.07) is 21.8. The van der Waals surface area contributed by atoms with Gasteiger partial charge in [0.25, 0.3) is 0 Å². The fourth-order valence-electron chi connectivity index (χ4n) is 3.18. The van der Waals surface area contributed by atoms with Crippen LogP contribution in [0.15, 0.2) is 79.3 Å². The lowest BCUT2D eigenvalue weighted by Gasteiger charge is -2.12. The monoisotopic (exact) mass is 382 g/mol. The molecule has 0 aliphatic heterocycles. The minimum atomic E-state index is 0.359. The lowest BCUT2D eigenvalue weighted by atomic mass is 10.1. The molecule has 0 unspecified atom stereocenters. The Morgan fingerprint density at radius 1 is 0.897 bits per heavy atom. The molecular formula is C22H18N6O. The predicted octanol–water partition coefficient (Wildman–Crippen LogP) is 3.77. The van der Waals surface area contributed by atoms with E-state index in [1.54, 1.807) is 17.0 Å². The Morgan fingerprint density at radius 3 is 2.31 bits per heavy atom. The van der Waals surface area contributed by atoms with Gasteiger partial charge in [-0.05, 0) is 11.6 Å². The van der Waals surface area contributed by atoms with E-state index in [1.807, 2.05) is 78.3 Å². The Kier molecular flexibility index (Phi) is 4.25. The second kappa shape index (κ2) is 7.20. The third-order valence-electron chi connectivity index (χ3n) is 4.75. The van der Waals surface area contributed by atoms with Crippen molar-refractivity contribution < 1.29 is 4.74 Å². The van der Waals surface area contributed by atoms with Crippen LogP contribution in [0.4, 0.5) is 0 Å². The average Bonchev–Trinajstić information content (AvgIpc) is 3.38. The molecule has 2 aromatic carbocycles. The second-order valence-electron chi connectivity index (χ2n) is 6.67. The van der Waals surface area contributed by atoms with Crippen LogP contribution in [-0.2, 0) is 13.7 Å². The molecule has 0 amide bonds. The molecule has 0 bridgehead atoms. The highest BCUT2D eigenvalue weighted by molar-refractivity contribution is 5.72. The van der Waals surface area contributed by atoms with Gasteiger partial charge < -0.3 is 9.30 Å². The molecule has 0 aliphatic carbocycles. The zero-order valence-electron chi connectivity index (χ0n) is 15.8. The van der Waals surface area contributed by atoms with Crippen molar-refractivity contribution in [3.8, 4) is 28.4 Å².